The molecule has 3 aromatic rings. The van der Waals surface area contributed by atoms with Gasteiger partial charge in [-0.2, -0.15) is 17.7 Å². The molecule has 0 aliphatic rings. The van der Waals surface area contributed by atoms with Crippen LogP contribution in [-0.2, 0) is 16.7 Å². The molecule has 0 bridgehead atoms. The fourth-order valence-electron chi connectivity index (χ4n) is 2.92. The number of halogens is 4. The van der Waals surface area contributed by atoms with E-state index in [0.29, 0.717) is 0 Å². The van der Waals surface area contributed by atoms with E-state index < -0.39 is 15.6 Å². The molecule has 11 heteroatoms. The van der Waals surface area contributed by atoms with Gasteiger partial charge in [-0.1, -0.05) is 34.6 Å². The zero-order valence-electron chi connectivity index (χ0n) is 16.5. The van der Waals surface area contributed by atoms with Crippen LogP contribution in [0.3, 0.4) is 0 Å². The van der Waals surface area contributed by atoms with Gasteiger partial charge in [-0.3, -0.25) is 0 Å². The van der Waals surface area contributed by atoms with Gasteiger partial charge in [0, 0.05) is 17.5 Å². The molecule has 1 heterocycles. The van der Waals surface area contributed by atoms with Gasteiger partial charge in [0.25, 0.3) is 0 Å². The lowest BCUT2D eigenvalue weighted by molar-refractivity contribution is -0.669. The van der Waals surface area contributed by atoms with Gasteiger partial charge in [0.1, 0.15) is 17.0 Å². The van der Waals surface area contributed by atoms with Crippen LogP contribution >= 0.6 is 22.9 Å². The Morgan fingerprint density at radius 3 is 2.30 bits per heavy atom. The fourth-order valence-corrected chi connectivity index (χ4v) is 4.22. The number of hydrogen-bond acceptors (Lipinski definition) is 5. The minimum absolute atomic E-state index is 0.753. The van der Waals surface area contributed by atoms with Crippen molar-refractivity contribution in [2.45, 2.75) is 32.8 Å². The van der Waals surface area contributed by atoms with Crippen molar-refractivity contribution in [3.8, 4) is 16.9 Å². The van der Waals surface area contributed by atoms with E-state index in [-0.39, 0.29) is 0 Å². The summed E-state index contributed by atoms with van der Waals surface area (Å²) in [6.45, 7) is 7.33. The molecular weight excluding hydrogens is 463 g/mol. The van der Waals surface area contributed by atoms with Crippen LogP contribution in [0.5, 0.6) is 5.75 Å². The Hall–Kier alpha value is -1.88. The van der Waals surface area contributed by atoms with Crippen molar-refractivity contribution >= 4 is 43.3 Å². The molecule has 3 rings (SSSR count). The maximum Gasteiger partial charge on any atom is 0.485 e. The molecule has 0 saturated heterocycles. The lowest BCUT2D eigenvalue weighted by atomic mass is 10.0. The van der Waals surface area contributed by atoms with Crippen LogP contribution in [0.4, 0.5) is 13.2 Å². The average molecular weight is 482 g/mol. The second kappa shape index (κ2) is 9.09. The van der Waals surface area contributed by atoms with Crippen molar-refractivity contribution in [2.75, 3.05) is 7.11 Å². The van der Waals surface area contributed by atoms with Gasteiger partial charge in [0.15, 0.2) is 10.1 Å². The van der Waals surface area contributed by atoms with Gasteiger partial charge in [-0.05, 0) is 38.1 Å². The maximum atomic E-state index is 10.7. The van der Waals surface area contributed by atoms with E-state index >= 15 is 0 Å². The molecule has 0 atom stereocenters. The number of fused-ring (bicyclic) bond motifs is 1. The normalized spacial score (nSPS) is 11.9. The molecule has 0 fully saturated rings. The predicted molar refractivity (Wildman–Crippen MR) is 110 cm³/mol. The lowest BCUT2D eigenvalue weighted by Gasteiger charge is -2.11. The summed E-state index contributed by atoms with van der Waals surface area (Å²) in [5.74, 6) is 0.861. The van der Waals surface area contributed by atoms with E-state index in [1.165, 1.54) is 20.8 Å². The Morgan fingerprint density at radius 1 is 1.20 bits per heavy atom. The van der Waals surface area contributed by atoms with Gasteiger partial charge < -0.3 is 9.29 Å². The van der Waals surface area contributed by atoms with Crippen molar-refractivity contribution in [2.24, 2.45) is 0 Å². The number of rotatable bonds is 3. The summed E-state index contributed by atoms with van der Waals surface area (Å²) in [6, 6.07) is 10.3. The third-order valence-corrected chi connectivity index (χ3v) is 6.18. The Labute approximate surface area is 181 Å². The second-order valence-electron chi connectivity index (χ2n) is 6.24. The summed E-state index contributed by atoms with van der Waals surface area (Å²) in [5, 5.41) is 2.04. The summed E-state index contributed by atoms with van der Waals surface area (Å²) >= 11 is 8.31. The van der Waals surface area contributed by atoms with Gasteiger partial charge in [0.05, 0.1) is 12.7 Å². The van der Waals surface area contributed by atoms with E-state index in [9.17, 15) is 13.2 Å². The average Bonchev–Trinajstić information content (AvgIpc) is 2.97. The Kier molecular flexibility index (Phi) is 7.39. The molecule has 30 heavy (non-hydrogen) atoms. The summed E-state index contributed by atoms with van der Waals surface area (Å²) < 4.78 is 68.1. The highest BCUT2D eigenvalue weighted by Crippen LogP contribution is 2.41. The highest BCUT2D eigenvalue weighted by atomic mass is 35.5. The minimum Gasteiger partial charge on any atom is -0.741 e. The number of nitrogens with zero attached hydrogens (tertiary/aromatic N) is 1. The summed E-state index contributed by atoms with van der Waals surface area (Å²) in [7, 11) is -4.38. The van der Waals surface area contributed by atoms with Crippen molar-refractivity contribution in [3.05, 3.63) is 45.9 Å². The number of alkyl halides is 3. The third-order valence-electron chi connectivity index (χ3n) is 4.22. The molecule has 0 spiro atoms. The van der Waals surface area contributed by atoms with Crippen LogP contribution in [0.25, 0.3) is 21.3 Å². The van der Waals surface area contributed by atoms with E-state index in [1.54, 1.807) is 18.4 Å². The second-order valence-corrected chi connectivity index (χ2v) is 9.25. The maximum absolute atomic E-state index is 10.7. The molecule has 0 saturated carbocycles. The van der Waals surface area contributed by atoms with Crippen molar-refractivity contribution in [1.82, 2.24) is 0 Å². The van der Waals surface area contributed by atoms with E-state index in [1.807, 2.05) is 18.2 Å². The van der Waals surface area contributed by atoms with E-state index in [4.69, 9.17) is 29.3 Å². The zero-order valence-corrected chi connectivity index (χ0v) is 18.9. The number of benzene rings is 2. The molecule has 5 nitrogen and oxygen atoms in total. The van der Waals surface area contributed by atoms with Gasteiger partial charge in [0.2, 0.25) is 10.5 Å². The summed E-state index contributed by atoms with van der Waals surface area (Å²) in [5.41, 5.74) is -1.14. The van der Waals surface area contributed by atoms with Crippen LogP contribution in [0.1, 0.15) is 17.5 Å². The molecule has 0 N–H and O–H groups in total. The molecule has 1 aromatic heterocycles. The Bertz CT molecular complexity index is 1170. The fraction of sp³-hybridized carbons (Fsp3) is 0.316. The highest BCUT2D eigenvalue weighted by molar-refractivity contribution is 7.86. The molecule has 164 valence electrons. The molecule has 0 aliphatic carbocycles. The van der Waals surface area contributed by atoms with Crippen LogP contribution in [-0.4, -0.2) is 25.6 Å². The van der Waals surface area contributed by atoms with E-state index in [2.05, 4.69) is 37.5 Å². The highest BCUT2D eigenvalue weighted by Gasteiger charge is 2.36. The first-order valence-electron chi connectivity index (χ1n) is 8.60. The van der Waals surface area contributed by atoms with Crippen LogP contribution in [0, 0.1) is 13.8 Å². The molecule has 0 unspecified atom stereocenters. The summed E-state index contributed by atoms with van der Waals surface area (Å²) in [4.78, 5) is 0. The topological polar surface area (TPSA) is 70.3 Å². The Morgan fingerprint density at radius 2 is 1.80 bits per heavy atom. The quantitative estimate of drug-likeness (QED) is 0.292. The molecule has 0 aliphatic heterocycles. The largest absolute Gasteiger partial charge is 0.741 e. The first-order chi connectivity index (χ1) is 13.8. The SMILES string of the molecule is CC[n+]1c(C)sc2ccc(OC)c(-c3cc(C)ccc3Cl)c21.O=S(=O)([O-])C(F)(F)F. The van der Waals surface area contributed by atoms with Crippen LogP contribution in [0.2, 0.25) is 5.02 Å². The Balaban J connectivity index is 0.000000343. The van der Waals surface area contributed by atoms with Gasteiger partial charge in [-0.25, -0.2) is 8.42 Å². The van der Waals surface area contributed by atoms with Crippen LogP contribution in [0.15, 0.2) is 30.3 Å². The third kappa shape index (κ3) is 5.05. The molecule has 2 aromatic carbocycles. The molecular formula is C19H19ClF3NO4S2. The smallest absolute Gasteiger partial charge is 0.485 e. The minimum atomic E-state index is -6.09. The van der Waals surface area contributed by atoms with Gasteiger partial charge >= 0.3 is 5.51 Å². The molecule has 0 radical (unpaired) electrons. The van der Waals surface area contributed by atoms with E-state index in [0.717, 1.165) is 28.4 Å². The number of aryl methyl sites for hydroxylation is 3. The zero-order chi connectivity index (χ0) is 22.9. The van der Waals surface area contributed by atoms with Crippen molar-refractivity contribution < 1.29 is 35.4 Å². The number of ether oxygens (including phenoxy) is 1. The predicted octanol–water partition coefficient (Wildman–Crippen LogP) is 5.21. The first-order valence-corrected chi connectivity index (χ1v) is 11.2. The number of methoxy groups -OCH3 is 1. The first kappa shape index (κ1) is 24.4. The summed E-state index contributed by atoms with van der Waals surface area (Å²) in [6.07, 6.45) is 0. The van der Waals surface area contributed by atoms with Crippen molar-refractivity contribution in [3.63, 3.8) is 0 Å². The van der Waals surface area contributed by atoms with Gasteiger partial charge in [-0.15, -0.1) is 0 Å². The number of hydrogen-bond donors (Lipinski definition) is 0. The monoisotopic (exact) mass is 481 g/mol. The lowest BCUT2D eigenvalue weighted by Crippen LogP contribution is -2.33. The standard InChI is InChI=1S/C18H19ClNOS.CHF3O3S/c1-5-20-12(3)22-16-9-8-15(21-4)17(18(16)20)13-10-11(2)6-7-14(13)19;2-1(3,4)8(5,6)7/h6-10H,5H2,1-4H3;(H,5,6,7)/q+1;/p-1. The molecule has 0 amide bonds. The number of thiazole rings is 1. The van der Waals surface area contributed by atoms with Crippen LogP contribution < -0.4 is 9.30 Å². The number of aromatic nitrogens is 1. The van der Waals surface area contributed by atoms with Crippen molar-refractivity contribution in [1.29, 1.82) is 0 Å².